The van der Waals surface area contributed by atoms with Crippen molar-refractivity contribution in [1.82, 2.24) is 0 Å². The Labute approximate surface area is 154 Å². The van der Waals surface area contributed by atoms with Gasteiger partial charge in [0.25, 0.3) is 0 Å². The summed E-state index contributed by atoms with van der Waals surface area (Å²) < 4.78 is 11.2. The van der Waals surface area contributed by atoms with Crippen molar-refractivity contribution in [1.29, 1.82) is 0 Å². The number of methoxy groups -OCH3 is 1. The van der Waals surface area contributed by atoms with Gasteiger partial charge in [-0.05, 0) is 17.7 Å². The molecule has 0 atom stereocenters. The third-order valence-corrected chi connectivity index (χ3v) is 4.37. The third-order valence-electron chi connectivity index (χ3n) is 4.37. The predicted octanol–water partition coefficient (Wildman–Crippen LogP) is 4.55. The number of hydrogen-bond donors (Lipinski definition) is 2. The first-order chi connectivity index (χ1) is 13.1. The average Bonchev–Trinajstić information content (AvgIpc) is 2.68. The van der Waals surface area contributed by atoms with Crippen molar-refractivity contribution in [3.8, 4) is 39.7 Å². The molecule has 0 aliphatic rings. The average molecular weight is 360 g/mol. The Bertz CT molecular complexity index is 1180. The van der Waals surface area contributed by atoms with Crippen LogP contribution in [-0.2, 0) is 0 Å². The summed E-state index contributed by atoms with van der Waals surface area (Å²) in [6.07, 6.45) is 0. The van der Waals surface area contributed by atoms with Crippen LogP contribution >= 0.6 is 0 Å². The van der Waals surface area contributed by atoms with E-state index in [4.69, 9.17) is 9.15 Å². The first-order valence-corrected chi connectivity index (χ1v) is 8.31. The van der Waals surface area contributed by atoms with Crippen molar-refractivity contribution in [3.63, 3.8) is 0 Å². The molecule has 0 spiro atoms. The smallest absolute Gasteiger partial charge is 0.204 e. The number of ether oxygens (including phenoxy) is 1. The lowest BCUT2D eigenvalue weighted by molar-refractivity contribution is 0.415. The second-order valence-corrected chi connectivity index (χ2v) is 6.07. The summed E-state index contributed by atoms with van der Waals surface area (Å²) >= 11 is 0. The topological polar surface area (TPSA) is 79.9 Å². The number of rotatable bonds is 3. The van der Waals surface area contributed by atoms with E-state index in [-0.39, 0.29) is 27.9 Å². The van der Waals surface area contributed by atoms with Gasteiger partial charge in [0.1, 0.15) is 34.0 Å². The molecule has 4 rings (SSSR count). The van der Waals surface area contributed by atoms with Crippen LogP contribution in [0.25, 0.3) is 33.4 Å². The molecule has 0 aliphatic heterocycles. The zero-order valence-electron chi connectivity index (χ0n) is 14.5. The first kappa shape index (κ1) is 16.7. The van der Waals surface area contributed by atoms with Crippen LogP contribution in [0.5, 0.6) is 17.2 Å². The normalized spacial score (nSPS) is 10.9. The lowest BCUT2D eigenvalue weighted by Crippen LogP contribution is -2.07. The van der Waals surface area contributed by atoms with Crippen LogP contribution in [0.4, 0.5) is 0 Å². The number of fused-ring (bicyclic) bond motifs is 1. The van der Waals surface area contributed by atoms with E-state index in [0.29, 0.717) is 28.2 Å². The standard InChI is InChI=1S/C22H16O5/c1-26-16-9-7-13(8-10-16)19-21(25)20-17(24)11-15(23)12-18(20)27-22(19)14-5-3-2-4-6-14/h2-12,23-24H,1H3. The van der Waals surface area contributed by atoms with E-state index in [1.165, 1.54) is 6.07 Å². The summed E-state index contributed by atoms with van der Waals surface area (Å²) in [4.78, 5) is 13.3. The Kier molecular flexibility index (Phi) is 4.05. The number of hydrogen-bond acceptors (Lipinski definition) is 5. The maximum atomic E-state index is 13.3. The lowest BCUT2D eigenvalue weighted by atomic mass is 9.98. The summed E-state index contributed by atoms with van der Waals surface area (Å²) in [5, 5.41) is 20.0. The molecule has 3 aromatic carbocycles. The zero-order chi connectivity index (χ0) is 19.0. The summed E-state index contributed by atoms with van der Waals surface area (Å²) in [5.74, 6) is 0.522. The molecule has 0 saturated heterocycles. The Morgan fingerprint density at radius 2 is 1.59 bits per heavy atom. The zero-order valence-corrected chi connectivity index (χ0v) is 14.5. The van der Waals surface area contributed by atoms with Gasteiger partial charge in [-0.15, -0.1) is 0 Å². The van der Waals surface area contributed by atoms with E-state index in [9.17, 15) is 15.0 Å². The molecule has 5 heteroatoms. The monoisotopic (exact) mass is 360 g/mol. The maximum absolute atomic E-state index is 13.3. The number of phenolic OH excluding ortho intramolecular Hbond substituents is 2. The second kappa shape index (κ2) is 6.53. The molecule has 0 radical (unpaired) electrons. The fourth-order valence-corrected chi connectivity index (χ4v) is 3.10. The van der Waals surface area contributed by atoms with Crippen LogP contribution < -0.4 is 10.2 Å². The molecule has 0 bridgehead atoms. The predicted molar refractivity (Wildman–Crippen MR) is 103 cm³/mol. The summed E-state index contributed by atoms with van der Waals surface area (Å²) in [5.41, 5.74) is 1.42. The molecule has 1 heterocycles. The van der Waals surface area contributed by atoms with E-state index in [1.807, 2.05) is 30.3 Å². The molecular weight excluding hydrogens is 344 g/mol. The minimum absolute atomic E-state index is 0.0262. The number of aromatic hydroxyl groups is 2. The quantitative estimate of drug-likeness (QED) is 0.560. The summed E-state index contributed by atoms with van der Waals surface area (Å²) in [6, 6.07) is 18.7. The van der Waals surface area contributed by atoms with Crippen molar-refractivity contribution in [2.75, 3.05) is 7.11 Å². The molecule has 27 heavy (non-hydrogen) atoms. The Morgan fingerprint density at radius 3 is 2.26 bits per heavy atom. The van der Waals surface area contributed by atoms with Crippen LogP contribution in [0.15, 0.2) is 75.9 Å². The van der Waals surface area contributed by atoms with Crippen LogP contribution in [0.2, 0.25) is 0 Å². The maximum Gasteiger partial charge on any atom is 0.204 e. The third kappa shape index (κ3) is 2.89. The second-order valence-electron chi connectivity index (χ2n) is 6.07. The van der Waals surface area contributed by atoms with E-state index in [2.05, 4.69) is 0 Å². The van der Waals surface area contributed by atoms with Crippen molar-refractivity contribution in [2.24, 2.45) is 0 Å². The number of benzene rings is 3. The molecule has 5 nitrogen and oxygen atoms in total. The van der Waals surface area contributed by atoms with E-state index >= 15 is 0 Å². The van der Waals surface area contributed by atoms with Crippen LogP contribution in [0.1, 0.15) is 0 Å². The molecule has 0 fully saturated rings. The van der Waals surface area contributed by atoms with Crippen LogP contribution in [-0.4, -0.2) is 17.3 Å². The molecule has 4 aromatic rings. The Balaban J connectivity index is 2.11. The summed E-state index contributed by atoms with van der Waals surface area (Å²) in [6.45, 7) is 0. The minimum Gasteiger partial charge on any atom is -0.508 e. The molecule has 134 valence electrons. The van der Waals surface area contributed by atoms with E-state index in [1.54, 1.807) is 31.4 Å². The van der Waals surface area contributed by atoms with Gasteiger partial charge < -0.3 is 19.4 Å². The Morgan fingerprint density at radius 1 is 0.889 bits per heavy atom. The van der Waals surface area contributed by atoms with E-state index < -0.39 is 0 Å². The van der Waals surface area contributed by atoms with Gasteiger partial charge in [-0.25, -0.2) is 0 Å². The minimum atomic E-state index is -0.377. The molecule has 2 N–H and O–H groups in total. The highest BCUT2D eigenvalue weighted by Gasteiger charge is 2.20. The summed E-state index contributed by atoms with van der Waals surface area (Å²) in [7, 11) is 1.57. The van der Waals surface area contributed by atoms with Gasteiger partial charge in [-0.3, -0.25) is 4.79 Å². The van der Waals surface area contributed by atoms with Crippen LogP contribution in [0.3, 0.4) is 0 Å². The van der Waals surface area contributed by atoms with Crippen molar-refractivity contribution in [2.45, 2.75) is 0 Å². The van der Waals surface area contributed by atoms with Crippen molar-refractivity contribution < 1.29 is 19.4 Å². The van der Waals surface area contributed by atoms with Gasteiger partial charge in [0.15, 0.2) is 0 Å². The largest absolute Gasteiger partial charge is 0.508 e. The SMILES string of the molecule is COc1ccc(-c2c(-c3ccccc3)oc3cc(O)cc(O)c3c2=O)cc1. The highest BCUT2D eigenvalue weighted by Crippen LogP contribution is 2.36. The first-order valence-electron chi connectivity index (χ1n) is 8.31. The highest BCUT2D eigenvalue weighted by molar-refractivity contribution is 5.93. The molecule has 1 aromatic heterocycles. The van der Waals surface area contributed by atoms with Gasteiger partial charge in [-0.1, -0.05) is 42.5 Å². The molecule has 0 amide bonds. The lowest BCUT2D eigenvalue weighted by Gasteiger charge is -2.12. The van der Waals surface area contributed by atoms with E-state index in [0.717, 1.165) is 6.07 Å². The fourth-order valence-electron chi connectivity index (χ4n) is 3.10. The molecule has 0 aliphatic carbocycles. The van der Waals surface area contributed by atoms with Gasteiger partial charge in [0.05, 0.1) is 12.7 Å². The molecule has 0 saturated carbocycles. The molecular formula is C22H16O5. The highest BCUT2D eigenvalue weighted by atomic mass is 16.5. The van der Waals surface area contributed by atoms with Crippen molar-refractivity contribution >= 4 is 11.0 Å². The van der Waals surface area contributed by atoms with Gasteiger partial charge >= 0.3 is 0 Å². The van der Waals surface area contributed by atoms with Gasteiger partial charge in [0.2, 0.25) is 5.43 Å². The number of phenols is 2. The van der Waals surface area contributed by atoms with Crippen LogP contribution in [0, 0.1) is 0 Å². The van der Waals surface area contributed by atoms with Crippen molar-refractivity contribution in [3.05, 3.63) is 77.0 Å². The van der Waals surface area contributed by atoms with Gasteiger partial charge in [0, 0.05) is 17.7 Å². The fraction of sp³-hybridized carbons (Fsp3) is 0.0455. The molecule has 0 unspecified atom stereocenters. The van der Waals surface area contributed by atoms with Gasteiger partial charge in [-0.2, -0.15) is 0 Å². The Hall–Kier alpha value is -3.73.